The number of nitrogens with one attached hydrogen (secondary N) is 2. The van der Waals surface area contributed by atoms with Crippen molar-refractivity contribution in [3.05, 3.63) is 29.8 Å². The van der Waals surface area contributed by atoms with Crippen LogP contribution in [0.1, 0.15) is 48.9 Å². The maximum absolute atomic E-state index is 11.9. The van der Waals surface area contributed by atoms with E-state index in [-0.39, 0.29) is 24.2 Å². The van der Waals surface area contributed by atoms with Gasteiger partial charge in [0.1, 0.15) is 0 Å². The highest BCUT2D eigenvalue weighted by atomic mass is 35.5. The van der Waals surface area contributed by atoms with Crippen molar-refractivity contribution < 1.29 is 9.59 Å². The first-order valence-corrected chi connectivity index (χ1v) is 8.06. The van der Waals surface area contributed by atoms with Gasteiger partial charge in [-0.2, -0.15) is 0 Å². The van der Waals surface area contributed by atoms with Gasteiger partial charge in [0.15, 0.2) is 0 Å². The highest BCUT2D eigenvalue weighted by Crippen LogP contribution is 2.25. The van der Waals surface area contributed by atoms with Crippen LogP contribution in [0, 0.1) is 5.92 Å². The quantitative estimate of drug-likeness (QED) is 0.550. The van der Waals surface area contributed by atoms with Crippen molar-refractivity contribution in [2.75, 3.05) is 18.8 Å². The first-order chi connectivity index (χ1) is 10.7. The molecule has 0 bridgehead atoms. The molecule has 1 fully saturated rings. The number of nitrogen functional groups attached to an aromatic ring is 1. The predicted octanol–water partition coefficient (Wildman–Crippen LogP) is 2.51. The summed E-state index contributed by atoms with van der Waals surface area (Å²) in [4.78, 5) is 23.8. The Morgan fingerprint density at radius 1 is 1.04 bits per heavy atom. The molecule has 2 rings (SSSR count). The van der Waals surface area contributed by atoms with E-state index in [1.165, 1.54) is 19.3 Å². The molecule has 1 aliphatic carbocycles. The van der Waals surface area contributed by atoms with Gasteiger partial charge in [0.05, 0.1) is 5.56 Å². The van der Waals surface area contributed by atoms with Crippen molar-refractivity contribution in [1.82, 2.24) is 10.6 Å². The van der Waals surface area contributed by atoms with E-state index in [1.807, 2.05) is 0 Å². The second-order valence-corrected chi connectivity index (χ2v) is 5.90. The van der Waals surface area contributed by atoms with Crippen LogP contribution in [-0.2, 0) is 4.79 Å². The summed E-state index contributed by atoms with van der Waals surface area (Å²) in [6, 6.07) is 6.95. The van der Waals surface area contributed by atoms with Crippen LogP contribution < -0.4 is 16.4 Å². The molecular weight excluding hydrogens is 314 g/mol. The molecule has 0 radical (unpaired) electrons. The highest BCUT2D eigenvalue weighted by molar-refractivity contribution is 5.99. The zero-order valence-corrected chi connectivity index (χ0v) is 14.2. The van der Waals surface area contributed by atoms with E-state index in [4.69, 9.17) is 5.73 Å². The fourth-order valence-electron chi connectivity index (χ4n) is 2.90. The van der Waals surface area contributed by atoms with Crippen molar-refractivity contribution in [2.24, 2.45) is 5.92 Å². The van der Waals surface area contributed by atoms with Gasteiger partial charge in [-0.25, -0.2) is 0 Å². The van der Waals surface area contributed by atoms with Gasteiger partial charge < -0.3 is 16.4 Å². The Morgan fingerprint density at radius 2 is 1.70 bits per heavy atom. The van der Waals surface area contributed by atoms with E-state index in [0.29, 0.717) is 36.7 Å². The lowest BCUT2D eigenvalue weighted by molar-refractivity contribution is -0.122. The second-order valence-electron chi connectivity index (χ2n) is 5.90. The van der Waals surface area contributed by atoms with Crippen molar-refractivity contribution in [1.29, 1.82) is 0 Å². The molecule has 0 saturated heterocycles. The van der Waals surface area contributed by atoms with Crippen LogP contribution in [0.15, 0.2) is 24.3 Å². The van der Waals surface area contributed by atoms with Crippen LogP contribution in [-0.4, -0.2) is 24.9 Å². The van der Waals surface area contributed by atoms with Gasteiger partial charge in [-0.05, 0) is 30.9 Å². The minimum atomic E-state index is -0.209. The average molecular weight is 340 g/mol. The fraction of sp³-hybridized carbons (Fsp3) is 0.529. The molecule has 0 heterocycles. The topological polar surface area (TPSA) is 84.2 Å². The lowest BCUT2D eigenvalue weighted by Gasteiger charge is -2.20. The average Bonchev–Trinajstić information content (AvgIpc) is 2.53. The number of hydrogen-bond acceptors (Lipinski definition) is 3. The van der Waals surface area contributed by atoms with Gasteiger partial charge in [-0.1, -0.05) is 31.4 Å². The molecule has 5 nitrogen and oxygen atoms in total. The van der Waals surface area contributed by atoms with Crippen LogP contribution in [0.25, 0.3) is 0 Å². The van der Waals surface area contributed by atoms with Gasteiger partial charge in [0, 0.05) is 25.2 Å². The maximum Gasteiger partial charge on any atom is 0.253 e. The smallest absolute Gasteiger partial charge is 0.253 e. The van der Waals surface area contributed by atoms with E-state index >= 15 is 0 Å². The molecule has 0 atom stereocenters. The summed E-state index contributed by atoms with van der Waals surface area (Å²) in [6.07, 6.45) is 6.72. The Balaban J connectivity index is 0.00000264. The zero-order valence-electron chi connectivity index (χ0n) is 13.3. The molecule has 128 valence electrons. The first kappa shape index (κ1) is 19.3. The molecule has 2 amide bonds. The normalized spacial score (nSPS) is 14.6. The molecular formula is C17H26ClN3O2. The van der Waals surface area contributed by atoms with E-state index in [2.05, 4.69) is 10.6 Å². The number of benzene rings is 1. The van der Waals surface area contributed by atoms with Crippen molar-refractivity contribution in [3.63, 3.8) is 0 Å². The van der Waals surface area contributed by atoms with Gasteiger partial charge >= 0.3 is 0 Å². The van der Waals surface area contributed by atoms with E-state index < -0.39 is 0 Å². The van der Waals surface area contributed by atoms with Crippen LogP contribution in [0.5, 0.6) is 0 Å². The number of nitrogens with two attached hydrogens (primary N) is 1. The monoisotopic (exact) mass is 339 g/mol. The number of hydrogen-bond donors (Lipinski definition) is 3. The first-order valence-electron chi connectivity index (χ1n) is 8.06. The van der Waals surface area contributed by atoms with Crippen LogP contribution in [0.2, 0.25) is 0 Å². The van der Waals surface area contributed by atoms with Crippen LogP contribution in [0.3, 0.4) is 0 Å². The van der Waals surface area contributed by atoms with Crippen LogP contribution in [0.4, 0.5) is 5.69 Å². The molecule has 0 unspecified atom stereocenters. The zero-order chi connectivity index (χ0) is 15.8. The maximum atomic E-state index is 11.9. The number of carbonyl (C=O) groups excluding carboxylic acids is 2. The molecule has 1 aliphatic rings. The molecule has 1 saturated carbocycles. The number of amides is 2. The molecule has 1 aromatic rings. The number of rotatable bonds is 6. The highest BCUT2D eigenvalue weighted by Gasteiger charge is 2.16. The minimum Gasteiger partial charge on any atom is -0.398 e. The van der Waals surface area contributed by atoms with Gasteiger partial charge in [0.2, 0.25) is 5.91 Å². The van der Waals surface area contributed by atoms with E-state index in [9.17, 15) is 9.59 Å². The Morgan fingerprint density at radius 3 is 2.39 bits per heavy atom. The molecule has 0 spiro atoms. The third-order valence-corrected chi connectivity index (χ3v) is 4.14. The van der Waals surface area contributed by atoms with Crippen molar-refractivity contribution in [3.8, 4) is 0 Å². The van der Waals surface area contributed by atoms with Crippen molar-refractivity contribution in [2.45, 2.75) is 38.5 Å². The largest absolute Gasteiger partial charge is 0.398 e. The number of carbonyl (C=O) groups is 2. The van der Waals surface area contributed by atoms with E-state index in [0.717, 1.165) is 12.8 Å². The number of halogens is 1. The van der Waals surface area contributed by atoms with Gasteiger partial charge in [-0.3, -0.25) is 9.59 Å². The summed E-state index contributed by atoms with van der Waals surface area (Å²) in [6.45, 7) is 0.855. The molecule has 6 heteroatoms. The predicted molar refractivity (Wildman–Crippen MR) is 94.6 cm³/mol. The summed E-state index contributed by atoms with van der Waals surface area (Å²) in [5.41, 5.74) is 6.68. The molecule has 23 heavy (non-hydrogen) atoms. The number of para-hydroxylation sites is 1. The third-order valence-electron chi connectivity index (χ3n) is 4.14. The fourth-order valence-corrected chi connectivity index (χ4v) is 2.90. The Labute approximate surface area is 143 Å². The number of anilines is 1. The SMILES string of the molecule is Cl.Nc1ccccc1C(=O)NCCNC(=O)CC1CCCCC1. The van der Waals surface area contributed by atoms with Crippen LogP contribution >= 0.6 is 12.4 Å². The lowest BCUT2D eigenvalue weighted by atomic mass is 9.87. The van der Waals surface area contributed by atoms with E-state index in [1.54, 1.807) is 24.3 Å². The second kappa shape index (κ2) is 10.1. The Kier molecular flexibility index (Phi) is 8.48. The molecule has 4 N–H and O–H groups in total. The standard InChI is InChI=1S/C17H25N3O2.ClH/c18-15-9-5-4-8-14(15)17(22)20-11-10-19-16(21)12-13-6-2-1-3-7-13;/h4-5,8-9,13H,1-3,6-7,10-12,18H2,(H,19,21)(H,20,22);1H. The lowest BCUT2D eigenvalue weighted by Crippen LogP contribution is -2.35. The molecule has 0 aromatic heterocycles. The van der Waals surface area contributed by atoms with Gasteiger partial charge in [-0.15, -0.1) is 12.4 Å². The van der Waals surface area contributed by atoms with Gasteiger partial charge in [0.25, 0.3) is 5.91 Å². The minimum absolute atomic E-state index is 0. The Bertz CT molecular complexity index is 516. The molecule has 1 aromatic carbocycles. The summed E-state index contributed by atoms with van der Waals surface area (Å²) >= 11 is 0. The van der Waals surface area contributed by atoms with Crippen molar-refractivity contribution >= 4 is 29.9 Å². The molecule has 0 aliphatic heterocycles. The third kappa shape index (κ3) is 6.48. The summed E-state index contributed by atoms with van der Waals surface area (Å²) in [5, 5.41) is 5.63. The summed E-state index contributed by atoms with van der Waals surface area (Å²) < 4.78 is 0. The summed E-state index contributed by atoms with van der Waals surface area (Å²) in [7, 11) is 0. The summed E-state index contributed by atoms with van der Waals surface area (Å²) in [5.74, 6) is 0.410. The Hall–Kier alpha value is -1.75.